The number of hydrogen-bond acceptors (Lipinski definition) is 4. The van der Waals surface area contributed by atoms with Gasteiger partial charge >= 0.3 is 0 Å². The molecule has 2 amide bonds. The van der Waals surface area contributed by atoms with E-state index in [0.717, 1.165) is 0 Å². The summed E-state index contributed by atoms with van der Waals surface area (Å²) in [5.41, 5.74) is -0.0703. The van der Waals surface area contributed by atoms with Gasteiger partial charge in [-0.25, -0.2) is 4.39 Å². The van der Waals surface area contributed by atoms with E-state index < -0.39 is 23.2 Å². The average Bonchev–Trinajstić information content (AvgIpc) is 3.40. The number of aliphatic hydroxyl groups excluding tert-OH is 1. The monoisotopic (exact) mass is 373 g/mol. The van der Waals surface area contributed by atoms with Gasteiger partial charge in [0.15, 0.2) is 0 Å². The highest BCUT2D eigenvalue weighted by molar-refractivity contribution is 5.99. The highest BCUT2D eigenvalue weighted by Crippen LogP contribution is 2.29. The quantitative estimate of drug-likeness (QED) is 0.687. The lowest BCUT2D eigenvalue weighted by Crippen LogP contribution is -2.34. The fourth-order valence-electron chi connectivity index (χ4n) is 2.88. The number of aromatic nitrogens is 1. The third-order valence-corrected chi connectivity index (χ3v) is 4.54. The zero-order valence-corrected chi connectivity index (χ0v) is 14.7. The molecule has 7 nitrogen and oxygen atoms in total. The van der Waals surface area contributed by atoms with Gasteiger partial charge in [0.25, 0.3) is 17.4 Å². The molecule has 2 atom stereocenters. The van der Waals surface area contributed by atoms with Crippen LogP contribution in [0.15, 0.2) is 41.3 Å². The van der Waals surface area contributed by atoms with E-state index in [1.807, 2.05) is 0 Å². The maximum Gasteiger partial charge on any atom is 0.263 e. The van der Waals surface area contributed by atoms with Crippen LogP contribution in [0.4, 0.5) is 4.39 Å². The van der Waals surface area contributed by atoms with Crippen molar-refractivity contribution in [2.75, 3.05) is 13.7 Å². The summed E-state index contributed by atoms with van der Waals surface area (Å²) in [7, 11) is 1.39. The number of amides is 2. The first-order chi connectivity index (χ1) is 12.9. The summed E-state index contributed by atoms with van der Waals surface area (Å²) >= 11 is 0. The smallest absolute Gasteiger partial charge is 0.263 e. The molecule has 0 bridgehead atoms. The van der Waals surface area contributed by atoms with E-state index in [2.05, 4.69) is 10.6 Å². The summed E-state index contributed by atoms with van der Waals surface area (Å²) < 4.78 is 14.6. The number of carbonyl (C=O) groups is 2. The van der Waals surface area contributed by atoms with Gasteiger partial charge in [-0.3, -0.25) is 14.4 Å². The molecule has 1 aromatic heterocycles. The third-order valence-electron chi connectivity index (χ3n) is 4.54. The van der Waals surface area contributed by atoms with Crippen molar-refractivity contribution in [1.82, 2.24) is 15.2 Å². The van der Waals surface area contributed by atoms with Gasteiger partial charge in [-0.2, -0.15) is 0 Å². The molecule has 3 rings (SSSR count). The van der Waals surface area contributed by atoms with Crippen molar-refractivity contribution in [3.8, 4) is 0 Å². The lowest BCUT2D eigenvalue weighted by Gasteiger charge is -2.12. The minimum absolute atomic E-state index is 0.00644. The Morgan fingerprint density at radius 2 is 2.07 bits per heavy atom. The Balaban J connectivity index is 1.95. The van der Waals surface area contributed by atoms with Gasteiger partial charge in [0.05, 0.1) is 12.1 Å². The number of nitrogens with one attached hydrogen (secondary N) is 2. The van der Waals surface area contributed by atoms with Gasteiger partial charge < -0.3 is 20.3 Å². The van der Waals surface area contributed by atoms with Gasteiger partial charge in [0.1, 0.15) is 11.4 Å². The van der Waals surface area contributed by atoms with Gasteiger partial charge in [0.2, 0.25) is 0 Å². The number of benzene rings is 1. The number of carbonyl (C=O) groups excluding carboxylic acids is 2. The molecule has 1 saturated carbocycles. The van der Waals surface area contributed by atoms with Crippen LogP contribution < -0.4 is 16.2 Å². The predicted molar refractivity (Wildman–Crippen MR) is 96.0 cm³/mol. The fraction of sp³-hybridized carbons (Fsp3) is 0.316. The number of hydrogen-bond donors (Lipinski definition) is 3. The minimum Gasteiger partial charge on any atom is -0.396 e. The first-order valence-electron chi connectivity index (χ1n) is 8.55. The molecule has 8 heteroatoms. The first-order valence-corrected chi connectivity index (χ1v) is 8.55. The van der Waals surface area contributed by atoms with Gasteiger partial charge in [-0.15, -0.1) is 0 Å². The van der Waals surface area contributed by atoms with Crippen LogP contribution in [-0.4, -0.2) is 41.2 Å². The van der Waals surface area contributed by atoms with Crippen molar-refractivity contribution in [2.45, 2.75) is 19.0 Å². The Hall–Kier alpha value is -3.00. The SMILES string of the molecule is CNC(=O)c1cc(C(=O)N[C@H]2C[C@@H]2CO)cn(Cc2cccc(F)c2)c1=O. The van der Waals surface area contributed by atoms with Crippen molar-refractivity contribution >= 4 is 11.8 Å². The summed E-state index contributed by atoms with van der Waals surface area (Å²) in [4.78, 5) is 37.2. The molecule has 1 fully saturated rings. The molecule has 142 valence electrons. The highest BCUT2D eigenvalue weighted by atomic mass is 19.1. The minimum atomic E-state index is -0.609. The molecule has 0 saturated heterocycles. The third kappa shape index (κ3) is 4.22. The fourth-order valence-corrected chi connectivity index (χ4v) is 2.88. The number of nitrogens with zero attached hydrogens (tertiary/aromatic N) is 1. The van der Waals surface area contributed by atoms with Crippen molar-refractivity contribution in [3.63, 3.8) is 0 Å². The number of aliphatic hydroxyl groups is 1. The largest absolute Gasteiger partial charge is 0.396 e. The highest BCUT2D eigenvalue weighted by Gasteiger charge is 2.37. The standard InChI is InChI=1S/C19H20FN3O4/c1-21-18(26)15-6-12(17(25)22-16-7-13(16)10-24)9-23(19(15)27)8-11-3-2-4-14(20)5-11/h2-6,9,13,16,24H,7-8,10H2,1H3,(H,21,26)(H,22,25)/t13-,16+/m1/s1. The Bertz CT molecular complexity index is 941. The molecule has 0 spiro atoms. The second-order valence-electron chi connectivity index (χ2n) is 6.54. The molecule has 1 aromatic carbocycles. The summed E-state index contributed by atoms with van der Waals surface area (Å²) in [6.45, 7) is 0.0118. The Morgan fingerprint density at radius 1 is 1.30 bits per heavy atom. The number of pyridine rings is 1. The van der Waals surface area contributed by atoms with E-state index in [4.69, 9.17) is 5.11 Å². The Morgan fingerprint density at radius 3 is 2.70 bits per heavy atom. The molecule has 0 aliphatic heterocycles. The van der Waals surface area contributed by atoms with Crippen LogP contribution in [-0.2, 0) is 6.54 Å². The van der Waals surface area contributed by atoms with Gasteiger partial charge in [0, 0.05) is 31.8 Å². The zero-order valence-electron chi connectivity index (χ0n) is 14.7. The average molecular weight is 373 g/mol. The number of halogens is 1. The molecule has 0 radical (unpaired) electrons. The lowest BCUT2D eigenvalue weighted by molar-refractivity contribution is 0.0946. The van der Waals surface area contributed by atoms with E-state index in [0.29, 0.717) is 12.0 Å². The van der Waals surface area contributed by atoms with Gasteiger partial charge in [-0.1, -0.05) is 12.1 Å². The molecular weight excluding hydrogens is 353 g/mol. The normalized spacial score (nSPS) is 18.0. The Kier molecular flexibility index (Phi) is 5.36. The summed E-state index contributed by atoms with van der Waals surface area (Å²) in [5.74, 6) is -1.45. The van der Waals surface area contributed by atoms with Gasteiger partial charge in [-0.05, 0) is 30.2 Å². The van der Waals surface area contributed by atoms with Crippen LogP contribution >= 0.6 is 0 Å². The maximum absolute atomic E-state index is 13.4. The molecule has 0 unspecified atom stereocenters. The van der Waals surface area contributed by atoms with Crippen molar-refractivity contribution in [1.29, 1.82) is 0 Å². The van der Waals surface area contributed by atoms with Crippen LogP contribution in [0.3, 0.4) is 0 Å². The van der Waals surface area contributed by atoms with Crippen LogP contribution in [0, 0.1) is 11.7 Å². The zero-order chi connectivity index (χ0) is 19.6. The predicted octanol–water partition coefficient (Wildman–Crippen LogP) is 0.506. The molecule has 3 N–H and O–H groups in total. The van der Waals surface area contributed by atoms with E-state index in [-0.39, 0.29) is 36.2 Å². The second-order valence-corrected chi connectivity index (χ2v) is 6.54. The van der Waals surface area contributed by atoms with Crippen LogP contribution in [0.2, 0.25) is 0 Å². The molecule has 2 aromatic rings. The topological polar surface area (TPSA) is 100 Å². The van der Waals surface area contributed by atoms with Crippen LogP contribution in [0.1, 0.15) is 32.7 Å². The Labute approximate surface area is 154 Å². The summed E-state index contributed by atoms with van der Waals surface area (Å²) in [6, 6.07) is 6.88. The lowest BCUT2D eigenvalue weighted by atomic mass is 10.1. The van der Waals surface area contributed by atoms with Crippen molar-refractivity contribution in [3.05, 3.63) is 69.4 Å². The van der Waals surface area contributed by atoms with E-state index in [1.54, 1.807) is 6.07 Å². The molecule has 27 heavy (non-hydrogen) atoms. The van der Waals surface area contributed by atoms with Crippen molar-refractivity contribution in [2.24, 2.45) is 5.92 Å². The maximum atomic E-state index is 13.4. The summed E-state index contributed by atoms with van der Waals surface area (Å²) in [5, 5.41) is 14.2. The van der Waals surface area contributed by atoms with E-state index in [1.165, 1.54) is 42.1 Å². The molecule has 1 aliphatic rings. The van der Waals surface area contributed by atoms with E-state index >= 15 is 0 Å². The van der Waals surface area contributed by atoms with Crippen molar-refractivity contribution < 1.29 is 19.1 Å². The molecular formula is C19H20FN3O4. The van der Waals surface area contributed by atoms with E-state index in [9.17, 15) is 18.8 Å². The van der Waals surface area contributed by atoms with Crippen LogP contribution in [0.25, 0.3) is 0 Å². The summed E-state index contributed by atoms with van der Waals surface area (Å²) in [6.07, 6.45) is 2.04. The first kappa shape index (κ1) is 18.8. The molecule has 1 heterocycles. The number of rotatable bonds is 6. The molecule has 1 aliphatic carbocycles. The second kappa shape index (κ2) is 7.71. The van der Waals surface area contributed by atoms with Crippen LogP contribution in [0.5, 0.6) is 0 Å².